The molecule has 0 amide bonds. The third kappa shape index (κ3) is 8.24. The van der Waals surface area contributed by atoms with Gasteiger partial charge in [0.1, 0.15) is 0 Å². The van der Waals surface area contributed by atoms with E-state index in [4.69, 9.17) is 10.1 Å². The first kappa shape index (κ1) is 22.3. The van der Waals surface area contributed by atoms with Crippen LogP contribution in [0.2, 0.25) is 0 Å². The Bertz CT molecular complexity index is 299. The highest BCUT2D eigenvalue weighted by molar-refractivity contribution is 14.0. The summed E-state index contributed by atoms with van der Waals surface area (Å²) in [6.07, 6.45) is 4.40. The van der Waals surface area contributed by atoms with Crippen LogP contribution in [0.25, 0.3) is 0 Å². The van der Waals surface area contributed by atoms with E-state index in [1.807, 2.05) is 0 Å². The van der Waals surface area contributed by atoms with Gasteiger partial charge in [-0.25, -0.2) is 0 Å². The third-order valence-electron chi connectivity index (χ3n) is 3.96. The zero-order chi connectivity index (χ0) is 15.5. The number of halogens is 1. The van der Waals surface area contributed by atoms with Gasteiger partial charge in [0.25, 0.3) is 0 Å². The van der Waals surface area contributed by atoms with Crippen molar-refractivity contribution in [3.8, 4) is 0 Å². The van der Waals surface area contributed by atoms with Gasteiger partial charge in [-0.15, -0.1) is 24.0 Å². The number of aliphatic hydroxyl groups excluding tert-OH is 1. The Kier molecular flexibility index (Phi) is 13.9. The van der Waals surface area contributed by atoms with Crippen molar-refractivity contribution in [3.63, 3.8) is 0 Å². The number of aliphatic imine (C=N–C) groups is 1. The number of thioether (sulfide) groups is 1. The summed E-state index contributed by atoms with van der Waals surface area (Å²) in [4.78, 5) is 7.27. The average Bonchev–Trinajstić information content (AvgIpc) is 2.51. The van der Waals surface area contributed by atoms with Gasteiger partial charge in [-0.05, 0) is 32.1 Å². The lowest BCUT2D eigenvalue weighted by Gasteiger charge is -2.34. The van der Waals surface area contributed by atoms with Crippen molar-refractivity contribution >= 4 is 41.7 Å². The van der Waals surface area contributed by atoms with Crippen LogP contribution in [0.3, 0.4) is 0 Å². The largest absolute Gasteiger partial charge is 0.396 e. The minimum atomic E-state index is 0. The molecule has 2 unspecified atom stereocenters. The van der Waals surface area contributed by atoms with E-state index < -0.39 is 0 Å². The lowest BCUT2D eigenvalue weighted by molar-refractivity contribution is 0.253. The molecule has 6 heteroatoms. The molecule has 1 fully saturated rings. The fourth-order valence-corrected chi connectivity index (χ4v) is 3.90. The molecule has 1 rings (SSSR count). The van der Waals surface area contributed by atoms with Crippen LogP contribution in [-0.4, -0.2) is 59.8 Å². The van der Waals surface area contributed by atoms with Gasteiger partial charge >= 0.3 is 0 Å². The van der Waals surface area contributed by atoms with Gasteiger partial charge in [-0.1, -0.05) is 20.3 Å². The highest BCUT2D eigenvalue weighted by Gasteiger charge is 2.21. The molecule has 0 bridgehead atoms. The first-order chi connectivity index (χ1) is 10.2. The second-order valence-electron chi connectivity index (χ2n) is 5.71. The Morgan fingerprint density at radius 3 is 2.73 bits per heavy atom. The molecule has 0 radical (unpaired) electrons. The first-order valence-electron chi connectivity index (χ1n) is 8.50. The molecular formula is C16H34IN3OS. The predicted molar refractivity (Wildman–Crippen MR) is 110 cm³/mol. The molecule has 2 atom stereocenters. The molecule has 2 N–H and O–H groups in total. The third-order valence-corrected chi connectivity index (χ3v) is 5.33. The molecule has 4 nitrogen and oxygen atoms in total. The van der Waals surface area contributed by atoms with Crippen molar-refractivity contribution in [1.29, 1.82) is 0 Å². The van der Waals surface area contributed by atoms with Gasteiger partial charge in [-0.2, -0.15) is 11.8 Å². The molecule has 0 aromatic heterocycles. The molecule has 0 aromatic rings. The summed E-state index contributed by atoms with van der Waals surface area (Å²) in [5.41, 5.74) is 0. The number of rotatable bonds is 8. The number of nitrogens with one attached hydrogen (secondary N) is 1. The normalized spacial score (nSPS) is 20.5. The van der Waals surface area contributed by atoms with E-state index in [1.165, 1.54) is 12.2 Å². The lowest BCUT2D eigenvalue weighted by atomic mass is 10.0. The lowest BCUT2D eigenvalue weighted by Crippen LogP contribution is -2.48. The minimum Gasteiger partial charge on any atom is -0.396 e. The van der Waals surface area contributed by atoms with E-state index in [1.54, 1.807) is 0 Å². The number of hydrogen-bond donors (Lipinski definition) is 2. The van der Waals surface area contributed by atoms with E-state index in [-0.39, 0.29) is 30.6 Å². The maximum Gasteiger partial charge on any atom is 0.193 e. The molecule has 132 valence electrons. The van der Waals surface area contributed by atoms with Crippen molar-refractivity contribution in [3.05, 3.63) is 0 Å². The monoisotopic (exact) mass is 443 g/mol. The topological polar surface area (TPSA) is 47.9 Å². The maximum absolute atomic E-state index is 9.17. The molecule has 1 aliphatic heterocycles. The molecule has 0 spiro atoms. The summed E-state index contributed by atoms with van der Waals surface area (Å²) in [6.45, 7) is 10.8. The SMILES string of the molecule is CCCC(CCO)CN=C(NCC)N1CCSC(CC)C1.I. The standard InChI is InChI=1S/C16H33N3OS.HI/c1-4-7-14(8-10-20)12-18-16(17-6-3)19-9-11-21-15(5-2)13-19;/h14-15,20H,4-13H2,1-3H3,(H,17,18);1H. The smallest absolute Gasteiger partial charge is 0.193 e. The van der Waals surface area contributed by atoms with Crippen molar-refractivity contribution in [1.82, 2.24) is 10.2 Å². The number of guanidine groups is 1. The summed E-state index contributed by atoms with van der Waals surface area (Å²) >= 11 is 2.09. The quantitative estimate of drug-likeness (QED) is 0.344. The Morgan fingerprint density at radius 1 is 1.36 bits per heavy atom. The molecule has 0 aromatic carbocycles. The fraction of sp³-hybridized carbons (Fsp3) is 0.938. The van der Waals surface area contributed by atoms with Gasteiger partial charge in [0.15, 0.2) is 5.96 Å². The number of hydrogen-bond acceptors (Lipinski definition) is 3. The summed E-state index contributed by atoms with van der Waals surface area (Å²) in [6, 6.07) is 0. The molecule has 0 aliphatic carbocycles. The van der Waals surface area contributed by atoms with Crippen molar-refractivity contribution in [2.24, 2.45) is 10.9 Å². The summed E-state index contributed by atoms with van der Waals surface area (Å²) < 4.78 is 0. The molecule has 1 saturated heterocycles. The van der Waals surface area contributed by atoms with Crippen LogP contribution in [0.15, 0.2) is 4.99 Å². The highest BCUT2D eigenvalue weighted by atomic mass is 127. The minimum absolute atomic E-state index is 0. The second-order valence-corrected chi connectivity index (χ2v) is 7.12. The molecule has 0 saturated carbocycles. The number of aliphatic hydroxyl groups is 1. The van der Waals surface area contributed by atoms with Crippen LogP contribution in [0, 0.1) is 5.92 Å². The average molecular weight is 443 g/mol. The van der Waals surface area contributed by atoms with Crippen LogP contribution in [0.5, 0.6) is 0 Å². The Balaban J connectivity index is 0.00000441. The van der Waals surface area contributed by atoms with Crippen LogP contribution >= 0.6 is 35.7 Å². The fourth-order valence-electron chi connectivity index (χ4n) is 2.72. The van der Waals surface area contributed by atoms with E-state index in [2.05, 4.69) is 42.7 Å². The Morgan fingerprint density at radius 2 is 2.14 bits per heavy atom. The molecular weight excluding hydrogens is 409 g/mol. The Hall–Kier alpha value is 0.310. The summed E-state index contributed by atoms with van der Waals surface area (Å²) in [7, 11) is 0. The zero-order valence-corrected chi connectivity index (χ0v) is 17.5. The first-order valence-corrected chi connectivity index (χ1v) is 9.55. The van der Waals surface area contributed by atoms with Crippen molar-refractivity contribution in [2.75, 3.05) is 38.5 Å². The van der Waals surface area contributed by atoms with Crippen LogP contribution in [0.4, 0.5) is 0 Å². The van der Waals surface area contributed by atoms with Gasteiger partial charge in [0.2, 0.25) is 0 Å². The van der Waals surface area contributed by atoms with Gasteiger partial charge in [0, 0.05) is 43.8 Å². The van der Waals surface area contributed by atoms with Crippen molar-refractivity contribution in [2.45, 2.75) is 51.7 Å². The van der Waals surface area contributed by atoms with Crippen molar-refractivity contribution < 1.29 is 5.11 Å². The number of nitrogens with zero attached hydrogens (tertiary/aromatic N) is 2. The molecule has 1 aliphatic rings. The zero-order valence-electron chi connectivity index (χ0n) is 14.4. The van der Waals surface area contributed by atoms with Gasteiger partial charge in [0.05, 0.1) is 0 Å². The maximum atomic E-state index is 9.17. The van der Waals surface area contributed by atoms with E-state index >= 15 is 0 Å². The van der Waals surface area contributed by atoms with Crippen LogP contribution in [0.1, 0.15) is 46.5 Å². The van der Waals surface area contributed by atoms with Crippen LogP contribution in [-0.2, 0) is 0 Å². The summed E-state index contributed by atoms with van der Waals surface area (Å²) in [5.74, 6) is 2.77. The predicted octanol–water partition coefficient (Wildman–Crippen LogP) is 3.20. The second kappa shape index (κ2) is 13.7. The van der Waals surface area contributed by atoms with Gasteiger partial charge < -0.3 is 15.3 Å². The molecule has 1 heterocycles. The molecule has 22 heavy (non-hydrogen) atoms. The van der Waals surface area contributed by atoms with Crippen LogP contribution < -0.4 is 5.32 Å². The van der Waals surface area contributed by atoms with Gasteiger partial charge in [-0.3, -0.25) is 4.99 Å². The van der Waals surface area contributed by atoms with E-state index in [0.29, 0.717) is 5.92 Å². The van der Waals surface area contributed by atoms with E-state index in [9.17, 15) is 0 Å². The highest BCUT2D eigenvalue weighted by Crippen LogP contribution is 2.21. The Labute approximate surface area is 157 Å². The summed E-state index contributed by atoms with van der Waals surface area (Å²) in [5, 5.41) is 13.3. The van der Waals surface area contributed by atoms with E-state index in [0.717, 1.165) is 56.7 Å².